The lowest BCUT2D eigenvalue weighted by Gasteiger charge is -2.00. The molecule has 1 amide bonds. The molecule has 3 aromatic rings. The van der Waals surface area contributed by atoms with Gasteiger partial charge >= 0.3 is 0 Å². The van der Waals surface area contributed by atoms with Crippen molar-refractivity contribution in [2.75, 3.05) is 6.54 Å². The molecule has 22 heavy (non-hydrogen) atoms. The number of hydrogen-bond donors (Lipinski definition) is 2. The Morgan fingerprint density at radius 2 is 2.32 bits per heavy atom. The second-order valence-electron chi connectivity index (χ2n) is 4.93. The van der Waals surface area contributed by atoms with Crippen LogP contribution in [0, 0.1) is 0 Å². The summed E-state index contributed by atoms with van der Waals surface area (Å²) in [5.41, 5.74) is 1.39. The van der Waals surface area contributed by atoms with Crippen molar-refractivity contribution in [3.05, 3.63) is 24.3 Å². The van der Waals surface area contributed by atoms with Gasteiger partial charge in [-0.05, 0) is 12.5 Å². The van der Waals surface area contributed by atoms with E-state index < -0.39 is 0 Å². The van der Waals surface area contributed by atoms with Gasteiger partial charge in [-0.25, -0.2) is 4.98 Å². The van der Waals surface area contributed by atoms with Crippen molar-refractivity contribution in [2.45, 2.75) is 26.2 Å². The van der Waals surface area contributed by atoms with Gasteiger partial charge in [0.2, 0.25) is 5.91 Å². The molecule has 8 nitrogen and oxygen atoms in total. The van der Waals surface area contributed by atoms with Crippen molar-refractivity contribution in [2.24, 2.45) is 0 Å². The van der Waals surface area contributed by atoms with E-state index in [1.807, 2.05) is 6.07 Å². The normalized spacial score (nSPS) is 11.0. The van der Waals surface area contributed by atoms with E-state index in [-0.39, 0.29) is 12.3 Å². The van der Waals surface area contributed by atoms with Crippen LogP contribution in [0.4, 0.5) is 0 Å². The number of carbonyl (C=O) groups excluding carboxylic acids is 1. The monoisotopic (exact) mass is 300 g/mol. The molecule has 3 aromatic heterocycles. The number of aromatic nitrogens is 5. The van der Waals surface area contributed by atoms with Crippen LogP contribution in [0.3, 0.4) is 0 Å². The number of rotatable bonds is 6. The van der Waals surface area contributed by atoms with Gasteiger partial charge in [0, 0.05) is 18.1 Å². The summed E-state index contributed by atoms with van der Waals surface area (Å²) in [6, 6.07) is 1.85. The van der Waals surface area contributed by atoms with Gasteiger partial charge < -0.3 is 9.84 Å². The maximum atomic E-state index is 11.7. The maximum absolute atomic E-state index is 11.7. The van der Waals surface area contributed by atoms with Crippen molar-refractivity contribution in [1.82, 2.24) is 30.6 Å². The largest absolute Gasteiger partial charge is 0.356 e. The van der Waals surface area contributed by atoms with Crippen LogP contribution in [0.5, 0.6) is 0 Å². The highest BCUT2D eigenvalue weighted by Crippen LogP contribution is 2.20. The molecule has 0 aliphatic carbocycles. The van der Waals surface area contributed by atoms with E-state index in [1.54, 1.807) is 12.4 Å². The first kappa shape index (κ1) is 14.2. The maximum Gasteiger partial charge on any atom is 0.259 e. The first-order valence-electron chi connectivity index (χ1n) is 7.15. The molecular formula is C14H16N6O2. The molecule has 0 radical (unpaired) electrons. The van der Waals surface area contributed by atoms with Gasteiger partial charge in [0.1, 0.15) is 0 Å². The number of carbonyl (C=O) groups is 1. The predicted octanol–water partition coefficient (Wildman–Crippen LogP) is 1.47. The number of aromatic amines is 1. The van der Waals surface area contributed by atoms with Crippen molar-refractivity contribution >= 4 is 16.9 Å². The molecule has 0 atom stereocenters. The van der Waals surface area contributed by atoms with E-state index in [9.17, 15) is 4.79 Å². The van der Waals surface area contributed by atoms with Crippen LogP contribution in [-0.2, 0) is 11.2 Å². The number of H-pyrrole nitrogens is 1. The van der Waals surface area contributed by atoms with E-state index in [4.69, 9.17) is 4.52 Å². The molecule has 114 valence electrons. The summed E-state index contributed by atoms with van der Waals surface area (Å²) < 4.78 is 5.19. The predicted molar refractivity (Wildman–Crippen MR) is 78.8 cm³/mol. The van der Waals surface area contributed by atoms with Crippen molar-refractivity contribution in [1.29, 1.82) is 0 Å². The van der Waals surface area contributed by atoms with E-state index in [0.29, 0.717) is 29.5 Å². The Balaban J connectivity index is 1.69. The third-order valence-electron chi connectivity index (χ3n) is 3.18. The van der Waals surface area contributed by atoms with Gasteiger partial charge in [0.25, 0.3) is 5.89 Å². The highest BCUT2D eigenvalue weighted by atomic mass is 16.5. The Hall–Kier alpha value is -2.77. The Morgan fingerprint density at radius 1 is 1.41 bits per heavy atom. The van der Waals surface area contributed by atoms with Gasteiger partial charge in [0.15, 0.2) is 11.5 Å². The van der Waals surface area contributed by atoms with Crippen LogP contribution >= 0.6 is 0 Å². The summed E-state index contributed by atoms with van der Waals surface area (Å²) in [7, 11) is 0. The molecular weight excluding hydrogens is 284 g/mol. The van der Waals surface area contributed by atoms with Crippen LogP contribution in [0.25, 0.3) is 22.5 Å². The summed E-state index contributed by atoms with van der Waals surface area (Å²) in [6.45, 7) is 2.74. The van der Waals surface area contributed by atoms with Crippen molar-refractivity contribution < 1.29 is 9.32 Å². The molecule has 0 aromatic carbocycles. The van der Waals surface area contributed by atoms with E-state index in [1.165, 1.54) is 0 Å². The van der Waals surface area contributed by atoms with Crippen molar-refractivity contribution in [3.8, 4) is 11.5 Å². The van der Waals surface area contributed by atoms with Crippen LogP contribution in [0.15, 0.2) is 23.0 Å². The highest BCUT2D eigenvalue weighted by molar-refractivity contribution is 5.79. The molecule has 3 rings (SSSR count). The summed E-state index contributed by atoms with van der Waals surface area (Å²) >= 11 is 0. The fourth-order valence-corrected chi connectivity index (χ4v) is 2.01. The third-order valence-corrected chi connectivity index (χ3v) is 3.18. The minimum absolute atomic E-state index is 0.106. The molecule has 0 aliphatic rings. The zero-order chi connectivity index (χ0) is 15.4. The lowest BCUT2D eigenvalue weighted by atomic mass is 10.2. The molecule has 0 saturated heterocycles. The van der Waals surface area contributed by atoms with Gasteiger partial charge in [0.05, 0.1) is 18.2 Å². The van der Waals surface area contributed by atoms with Crippen LogP contribution in [0.1, 0.15) is 25.6 Å². The lowest BCUT2D eigenvalue weighted by molar-refractivity contribution is -0.120. The average Bonchev–Trinajstić information content (AvgIpc) is 3.15. The van der Waals surface area contributed by atoms with Gasteiger partial charge in [-0.15, -0.1) is 0 Å². The minimum Gasteiger partial charge on any atom is -0.356 e. The quantitative estimate of drug-likeness (QED) is 0.667. The molecule has 0 unspecified atom stereocenters. The van der Waals surface area contributed by atoms with Crippen molar-refractivity contribution in [3.63, 3.8) is 0 Å². The highest BCUT2D eigenvalue weighted by Gasteiger charge is 2.13. The lowest BCUT2D eigenvalue weighted by Crippen LogP contribution is -2.26. The summed E-state index contributed by atoms with van der Waals surface area (Å²) in [5.74, 6) is 0.590. The number of hydrogen-bond acceptors (Lipinski definition) is 6. The van der Waals surface area contributed by atoms with E-state index >= 15 is 0 Å². The summed E-state index contributed by atoms with van der Waals surface area (Å²) in [6.07, 6.45) is 5.40. The third kappa shape index (κ3) is 3.11. The molecule has 0 aliphatic heterocycles. The zero-order valence-corrected chi connectivity index (χ0v) is 12.2. The number of pyridine rings is 1. The SMILES string of the molecule is CCCCNC(=O)Cc1noc(-c2cnc3[nH]ncc3c2)n1. The summed E-state index contributed by atoms with van der Waals surface area (Å²) in [4.78, 5) is 20.2. The van der Waals surface area contributed by atoms with Gasteiger partial charge in [-0.2, -0.15) is 10.1 Å². The molecule has 8 heteroatoms. The molecule has 0 fully saturated rings. The number of fused-ring (bicyclic) bond motifs is 1. The Morgan fingerprint density at radius 3 is 3.18 bits per heavy atom. The van der Waals surface area contributed by atoms with Gasteiger partial charge in [-0.1, -0.05) is 18.5 Å². The van der Waals surface area contributed by atoms with Crippen LogP contribution < -0.4 is 5.32 Å². The fraction of sp³-hybridized carbons (Fsp3) is 0.357. The smallest absolute Gasteiger partial charge is 0.259 e. The van der Waals surface area contributed by atoms with E-state index in [2.05, 4.69) is 37.6 Å². The Labute approximate surface area is 126 Å². The number of amides is 1. The number of unbranched alkanes of at least 4 members (excludes halogenated alkanes) is 1. The zero-order valence-electron chi connectivity index (χ0n) is 12.2. The first-order chi connectivity index (χ1) is 10.8. The number of nitrogens with zero attached hydrogens (tertiary/aromatic N) is 4. The van der Waals surface area contributed by atoms with Crippen LogP contribution in [0.2, 0.25) is 0 Å². The molecule has 3 heterocycles. The molecule has 0 saturated carbocycles. The molecule has 0 bridgehead atoms. The molecule has 2 N–H and O–H groups in total. The average molecular weight is 300 g/mol. The second kappa shape index (κ2) is 6.33. The first-order valence-corrected chi connectivity index (χ1v) is 7.15. The topological polar surface area (TPSA) is 110 Å². The fourth-order valence-electron chi connectivity index (χ4n) is 2.01. The van der Waals surface area contributed by atoms with Gasteiger partial charge in [-0.3, -0.25) is 9.89 Å². The Kier molecular flexibility index (Phi) is 4.08. The second-order valence-corrected chi connectivity index (χ2v) is 4.93. The number of nitrogens with one attached hydrogen (secondary N) is 2. The Bertz CT molecular complexity index is 778. The van der Waals surface area contributed by atoms with Crippen LogP contribution in [-0.4, -0.2) is 37.8 Å². The minimum atomic E-state index is -0.107. The molecule has 0 spiro atoms. The van der Waals surface area contributed by atoms with E-state index in [0.717, 1.165) is 18.2 Å². The summed E-state index contributed by atoms with van der Waals surface area (Å²) in [5, 5.41) is 14.2. The standard InChI is InChI=1S/C14H16N6O2/c1-2-3-4-15-12(21)6-11-18-14(22-20-11)10-5-9-8-17-19-13(9)16-7-10/h5,7-8H,2-4,6H2,1H3,(H,15,21)(H,16,17,19).